The van der Waals surface area contributed by atoms with Gasteiger partial charge in [0, 0.05) is 12.5 Å². The molecule has 2 fully saturated rings. The summed E-state index contributed by atoms with van der Waals surface area (Å²) in [6.45, 7) is 5.50. The molecule has 17 heavy (non-hydrogen) atoms. The van der Waals surface area contributed by atoms with Crippen molar-refractivity contribution in [3.05, 3.63) is 0 Å². The van der Waals surface area contributed by atoms with Gasteiger partial charge in [-0.3, -0.25) is 0 Å². The molecule has 0 aromatic heterocycles. The van der Waals surface area contributed by atoms with E-state index in [-0.39, 0.29) is 0 Å². The lowest BCUT2D eigenvalue weighted by Gasteiger charge is -2.26. The molecule has 1 aliphatic heterocycles. The minimum atomic E-state index is -2.27. The van der Waals surface area contributed by atoms with Crippen LogP contribution in [-0.2, 0) is 9.53 Å². The topological polar surface area (TPSA) is 66.8 Å². The molecule has 1 N–H and O–H groups in total. The first kappa shape index (κ1) is 12.1. The molecule has 1 aliphatic carbocycles. The number of ether oxygens (including phenoxy) is 1. The summed E-state index contributed by atoms with van der Waals surface area (Å²) in [4.78, 5) is 23.7. The van der Waals surface area contributed by atoms with E-state index in [1.807, 2.05) is 0 Å². The Balaban J connectivity index is 2.06. The third-order valence-corrected chi connectivity index (χ3v) is 3.21. The molecule has 0 radical (unpaired) electrons. The lowest BCUT2D eigenvalue weighted by molar-refractivity contribution is -0.146. The molecule has 5 nitrogen and oxygen atoms in total. The largest absolute Gasteiger partial charge is 0.479 e. The van der Waals surface area contributed by atoms with Crippen LogP contribution in [0.15, 0.2) is 0 Å². The minimum absolute atomic E-state index is 0.364. The fourth-order valence-electron chi connectivity index (χ4n) is 2.45. The zero-order valence-corrected chi connectivity index (χ0v) is 10.1. The van der Waals surface area contributed by atoms with Crippen molar-refractivity contribution in [3.8, 4) is 0 Å². The first-order valence-corrected chi connectivity index (χ1v) is 5.60. The monoisotopic (exact) mass is 245 g/mol. The van der Waals surface area contributed by atoms with E-state index < -0.39 is 35.3 Å². The van der Waals surface area contributed by atoms with Crippen LogP contribution in [0.25, 0.3) is 0 Å². The molecule has 0 unspecified atom stereocenters. The van der Waals surface area contributed by atoms with Crippen LogP contribution in [0.5, 0.6) is 0 Å². The molecule has 1 amide bonds. The number of hydrogen-bond acceptors (Lipinski definition) is 3. The van der Waals surface area contributed by atoms with Crippen molar-refractivity contribution in [3.63, 3.8) is 0 Å². The predicted octanol–water partition coefficient (Wildman–Crippen LogP) is 1.42. The van der Waals surface area contributed by atoms with Crippen LogP contribution in [0.2, 0.25) is 0 Å². The van der Waals surface area contributed by atoms with Crippen LogP contribution < -0.4 is 0 Å². The summed E-state index contributed by atoms with van der Waals surface area (Å²) in [5.74, 6) is -2.06. The molecular weight excluding hydrogens is 229 g/mol. The Morgan fingerprint density at radius 2 is 2.06 bits per heavy atom. The van der Waals surface area contributed by atoms with Crippen molar-refractivity contribution in [2.75, 3.05) is 6.54 Å². The molecular formula is C11H16FNO4. The highest BCUT2D eigenvalue weighted by Gasteiger charge is 2.77. The zero-order valence-electron chi connectivity index (χ0n) is 10.1. The highest BCUT2D eigenvalue weighted by atomic mass is 19.1. The highest BCUT2D eigenvalue weighted by Crippen LogP contribution is 2.57. The second-order valence-electron chi connectivity index (χ2n) is 5.59. The molecule has 1 heterocycles. The van der Waals surface area contributed by atoms with Gasteiger partial charge < -0.3 is 14.7 Å². The first-order valence-electron chi connectivity index (χ1n) is 5.60. The minimum Gasteiger partial charge on any atom is -0.479 e. The molecule has 2 rings (SSSR count). The molecule has 1 saturated carbocycles. The fourth-order valence-corrected chi connectivity index (χ4v) is 2.45. The van der Waals surface area contributed by atoms with Crippen molar-refractivity contribution < 1.29 is 23.8 Å². The average Bonchev–Trinajstić information content (AvgIpc) is 2.57. The Hall–Kier alpha value is -1.33. The zero-order chi connectivity index (χ0) is 13.0. The van der Waals surface area contributed by atoms with Gasteiger partial charge in [0.15, 0.2) is 0 Å². The van der Waals surface area contributed by atoms with Crippen LogP contribution >= 0.6 is 0 Å². The number of aliphatic carboxylic acids is 1. The van der Waals surface area contributed by atoms with Gasteiger partial charge in [-0.05, 0) is 27.2 Å². The second kappa shape index (κ2) is 3.34. The van der Waals surface area contributed by atoms with Gasteiger partial charge in [0.25, 0.3) is 0 Å². The standard InChI is InChI=1S/C11H16FNO4/c1-10(2,3)17-9(16)13-5-4-6-7(13)11(6,12)8(14)15/h6-7H,4-5H2,1-3H3,(H,14,15)/t6-,7+,11+/m1/s1. The number of carbonyl (C=O) groups excluding carboxylic acids is 1. The maximum absolute atomic E-state index is 13.9. The molecule has 0 spiro atoms. The van der Waals surface area contributed by atoms with Crippen LogP contribution in [0, 0.1) is 5.92 Å². The number of carboxylic acids is 1. The van der Waals surface area contributed by atoms with E-state index in [0.29, 0.717) is 13.0 Å². The number of nitrogens with zero attached hydrogens (tertiary/aromatic N) is 1. The Bertz CT molecular complexity index is 378. The van der Waals surface area contributed by atoms with E-state index in [1.165, 1.54) is 4.90 Å². The average molecular weight is 245 g/mol. The maximum Gasteiger partial charge on any atom is 0.410 e. The number of hydrogen-bond donors (Lipinski definition) is 1. The molecule has 2 aliphatic rings. The smallest absolute Gasteiger partial charge is 0.410 e. The SMILES string of the molecule is CC(C)(C)OC(=O)N1CC[C@@H]2[C@H]1[C@]2(F)C(=O)O. The van der Waals surface area contributed by atoms with Crippen molar-refractivity contribution in [1.29, 1.82) is 0 Å². The number of alkyl halides is 1. The number of piperidine rings is 1. The van der Waals surface area contributed by atoms with Crippen LogP contribution in [0.3, 0.4) is 0 Å². The van der Waals surface area contributed by atoms with Gasteiger partial charge in [0.05, 0.1) is 6.04 Å². The van der Waals surface area contributed by atoms with Gasteiger partial charge in [-0.1, -0.05) is 0 Å². The summed E-state index contributed by atoms with van der Waals surface area (Å²) in [5, 5.41) is 8.80. The summed E-state index contributed by atoms with van der Waals surface area (Å²) in [7, 11) is 0. The number of halogens is 1. The molecule has 0 aromatic carbocycles. The van der Waals surface area contributed by atoms with Gasteiger partial charge in [0.1, 0.15) is 5.60 Å². The predicted molar refractivity (Wildman–Crippen MR) is 56.3 cm³/mol. The van der Waals surface area contributed by atoms with Gasteiger partial charge >= 0.3 is 12.1 Å². The number of likely N-dealkylation sites (tertiary alicyclic amines) is 1. The highest BCUT2D eigenvalue weighted by molar-refractivity contribution is 5.86. The van der Waals surface area contributed by atoms with Crippen molar-refractivity contribution in [2.24, 2.45) is 5.92 Å². The van der Waals surface area contributed by atoms with E-state index in [1.54, 1.807) is 20.8 Å². The van der Waals surface area contributed by atoms with E-state index >= 15 is 0 Å². The summed E-state index contributed by atoms with van der Waals surface area (Å²) < 4.78 is 19.0. The van der Waals surface area contributed by atoms with Crippen LogP contribution in [0.1, 0.15) is 27.2 Å². The molecule has 3 atom stereocenters. The van der Waals surface area contributed by atoms with Crippen molar-refractivity contribution in [1.82, 2.24) is 4.90 Å². The van der Waals surface area contributed by atoms with Crippen molar-refractivity contribution >= 4 is 12.1 Å². The van der Waals surface area contributed by atoms with E-state index in [2.05, 4.69) is 0 Å². The molecule has 1 saturated heterocycles. The lowest BCUT2D eigenvalue weighted by atomic mass is 10.2. The fraction of sp³-hybridized carbons (Fsp3) is 0.818. The van der Waals surface area contributed by atoms with Crippen LogP contribution in [-0.4, -0.2) is 45.9 Å². The van der Waals surface area contributed by atoms with Gasteiger partial charge in [-0.15, -0.1) is 0 Å². The summed E-state index contributed by atoms with van der Waals surface area (Å²) in [5.41, 5.74) is -2.93. The summed E-state index contributed by atoms with van der Waals surface area (Å²) in [6.07, 6.45) is -0.252. The van der Waals surface area contributed by atoms with E-state index in [9.17, 15) is 14.0 Å². The molecule has 6 heteroatoms. The van der Waals surface area contributed by atoms with Gasteiger partial charge in [-0.2, -0.15) is 0 Å². The van der Waals surface area contributed by atoms with Crippen molar-refractivity contribution in [2.45, 2.75) is 44.5 Å². The first-order chi connectivity index (χ1) is 7.68. The van der Waals surface area contributed by atoms with Gasteiger partial charge in [0.2, 0.25) is 5.67 Å². The Morgan fingerprint density at radius 1 is 1.47 bits per heavy atom. The lowest BCUT2D eigenvalue weighted by Crippen LogP contribution is -2.42. The molecule has 0 aromatic rings. The van der Waals surface area contributed by atoms with E-state index in [4.69, 9.17) is 9.84 Å². The summed E-state index contributed by atoms with van der Waals surface area (Å²) in [6, 6.07) is -0.852. The van der Waals surface area contributed by atoms with Gasteiger partial charge in [-0.25, -0.2) is 14.0 Å². The molecule has 0 bridgehead atoms. The number of carboxylic acid groups (broad SMARTS) is 1. The molecule has 96 valence electrons. The van der Waals surface area contributed by atoms with E-state index in [0.717, 1.165) is 0 Å². The quantitative estimate of drug-likeness (QED) is 0.758. The number of amides is 1. The third-order valence-electron chi connectivity index (χ3n) is 3.21. The number of carbonyl (C=O) groups is 2. The maximum atomic E-state index is 13.9. The normalized spacial score (nSPS) is 35.4. The van der Waals surface area contributed by atoms with Crippen LogP contribution in [0.4, 0.5) is 9.18 Å². The summed E-state index contributed by atoms with van der Waals surface area (Å²) >= 11 is 0. The third kappa shape index (κ3) is 1.75. The number of fused-ring (bicyclic) bond motifs is 1. The Labute approximate surface area is 98.5 Å². The second-order valence-corrected chi connectivity index (χ2v) is 5.59. The Morgan fingerprint density at radius 3 is 2.47 bits per heavy atom. The number of rotatable bonds is 1. The Kier molecular flexibility index (Phi) is 2.38.